The number of alkyl carbamates (subject to hydrolysis) is 1. The van der Waals surface area contributed by atoms with Crippen LogP contribution in [0.3, 0.4) is 0 Å². The molecule has 1 rings (SSSR count). The molecule has 0 spiro atoms. The number of phenolic OH excluding ortho intramolecular Hbond substituents is 1. The number of benzene rings is 1. The zero-order chi connectivity index (χ0) is 29.0. The maximum atomic E-state index is 13.9. The first-order valence-electron chi connectivity index (χ1n) is 12.6. The summed E-state index contributed by atoms with van der Waals surface area (Å²) in [6, 6.07) is 3.98. The molecule has 1 aromatic rings. The third-order valence-corrected chi connectivity index (χ3v) is 5.71. The highest BCUT2D eigenvalue weighted by Gasteiger charge is 2.38. The maximum Gasteiger partial charge on any atom is 0.408 e. The normalized spacial score (nSPS) is 13.3. The van der Waals surface area contributed by atoms with Gasteiger partial charge in [-0.2, -0.15) is 5.26 Å². The Balaban J connectivity index is 3.44. The highest BCUT2D eigenvalue weighted by atomic mass is 16.6. The summed E-state index contributed by atoms with van der Waals surface area (Å²) in [5.41, 5.74) is 0.00365. The molecule has 0 saturated heterocycles. The summed E-state index contributed by atoms with van der Waals surface area (Å²) in [5, 5.41) is 24.8. The van der Waals surface area contributed by atoms with Crippen LogP contribution in [-0.4, -0.2) is 65.2 Å². The number of rotatable bonds is 12. The average Bonchev–Trinajstić information content (AvgIpc) is 2.82. The van der Waals surface area contributed by atoms with Crippen LogP contribution in [-0.2, 0) is 23.9 Å². The van der Waals surface area contributed by atoms with Crippen molar-refractivity contribution >= 4 is 23.9 Å². The first-order valence-corrected chi connectivity index (χ1v) is 12.6. The van der Waals surface area contributed by atoms with Crippen LogP contribution in [0.4, 0.5) is 4.79 Å². The lowest BCUT2D eigenvalue weighted by Crippen LogP contribution is -2.55. The summed E-state index contributed by atoms with van der Waals surface area (Å²) in [5.74, 6) is -2.14. The van der Waals surface area contributed by atoms with Crippen LogP contribution in [0.15, 0.2) is 18.2 Å². The summed E-state index contributed by atoms with van der Waals surface area (Å²) < 4.78 is 10.2. The molecule has 0 aliphatic rings. The summed E-state index contributed by atoms with van der Waals surface area (Å²) >= 11 is 0. The fraction of sp³-hybridized carbons (Fsp3) is 0.593. The molecule has 0 aromatic heterocycles. The first-order chi connectivity index (χ1) is 17.7. The van der Waals surface area contributed by atoms with Gasteiger partial charge >= 0.3 is 12.1 Å². The maximum absolute atomic E-state index is 13.9. The molecule has 1 aromatic carbocycles. The summed E-state index contributed by atoms with van der Waals surface area (Å²) in [7, 11) is 0. The zero-order valence-electron chi connectivity index (χ0n) is 23.3. The second-order valence-electron chi connectivity index (χ2n) is 9.93. The number of hydrogen-bond donors (Lipinski definition) is 3. The average molecular weight is 533 g/mol. The van der Waals surface area contributed by atoms with E-state index < -0.39 is 48.1 Å². The molecule has 38 heavy (non-hydrogen) atoms. The molecule has 0 aliphatic carbocycles. The van der Waals surface area contributed by atoms with Gasteiger partial charge in [0.05, 0.1) is 19.1 Å². The molecule has 3 N–H and O–H groups in total. The summed E-state index contributed by atoms with van der Waals surface area (Å²) in [6.07, 6.45) is -0.367. The van der Waals surface area contributed by atoms with Crippen molar-refractivity contribution in [3.63, 3.8) is 0 Å². The van der Waals surface area contributed by atoms with E-state index in [1.807, 2.05) is 13.0 Å². The zero-order valence-corrected chi connectivity index (χ0v) is 23.3. The van der Waals surface area contributed by atoms with Crippen molar-refractivity contribution < 1.29 is 33.8 Å². The van der Waals surface area contributed by atoms with E-state index in [2.05, 4.69) is 10.6 Å². The van der Waals surface area contributed by atoms with Crippen molar-refractivity contribution in [2.75, 3.05) is 19.7 Å². The third kappa shape index (κ3) is 9.92. The van der Waals surface area contributed by atoms with Crippen LogP contribution in [0.2, 0.25) is 0 Å². The standard InChI is InChI=1S/C27H40N4O7/c1-8-17(3)22(30-26(36)38-27(5,6)7)25(35)31(15-13-28)23(19-10-11-20(32)18(4)16-19)24(34)29-14-12-21(33)37-9-2/h10-11,16-17,22-23,32H,8-9,12,14-15H2,1-7H3,(H,29,34)(H,30,36). The third-order valence-electron chi connectivity index (χ3n) is 5.71. The predicted molar refractivity (Wildman–Crippen MR) is 140 cm³/mol. The number of nitrogens with one attached hydrogen (secondary N) is 2. The number of aryl methyl sites for hydroxylation is 1. The van der Waals surface area contributed by atoms with Gasteiger partial charge in [0.15, 0.2) is 0 Å². The topological polar surface area (TPSA) is 158 Å². The molecule has 0 bridgehead atoms. The predicted octanol–water partition coefficient (Wildman–Crippen LogP) is 3.10. The number of carbonyl (C=O) groups excluding carboxylic acids is 4. The van der Waals surface area contributed by atoms with Gasteiger partial charge in [-0.25, -0.2) is 4.79 Å². The number of amides is 3. The van der Waals surface area contributed by atoms with E-state index in [9.17, 15) is 29.5 Å². The van der Waals surface area contributed by atoms with Crippen LogP contribution in [0.25, 0.3) is 0 Å². The molecule has 3 unspecified atom stereocenters. The Bertz CT molecular complexity index is 1030. The molecular formula is C27H40N4O7. The highest BCUT2D eigenvalue weighted by molar-refractivity contribution is 5.92. The number of nitriles is 1. The Labute approximate surface area is 224 Å². The Morgan fingerprint density at radius 3 is 2.37 bits per heavy atom. The number of ether oxygens (including phenoxy) is 2. The first kappa shape index (κ1) is 32.2. The molecule has 11 nitrogen and oxygen atoms in total. The van der Waals surface area contributed by atoms with Crippen molar-refractivity contribution in [3.05, 3.63) is 29.3 Å². The van der Waals surface area contributed by atoms with Gasteiger partial charge in [-0.15, -0.1) is 0 Å². The van der Waals surface area contributed by atoms with Crippen LogP contribution >= 0.6 is 0 Å². The molecule has 0 radical (unpaired) electrons. The second-order valence-corrected chi connectivity index (χ2v) is 9.93. The monoisotopic (exact) mass is 532 g/mol. The Kier molecular flexibility index (Phi) is 12.6. The van der Waals surface area contributed by atoms with E-state index in [-0.39, 0.29) is 31.2 Å². The van der Waals surface area contributed by atoms with Crippen molar-refractivity contribution in [2.24, 2.45) is 5.92 Å². The number of esters is 1. The molecular weight excluding hydrogens is 492 g/mol. The Morgan fingerprint density at radius 2 is 1.84 bits per heavy atom. The van der Waals surface area contributed by atoms with E-state index in [4.69, 9.17) is 9.47 Å². The quantitative estimate of drug-likeness (QED) is 0.274. The number of hydrogen-bond acceptors (Lipinski definition) is 8. The number of carbonyl (C=O) groups is 4. The lowest BCUT2D eigenvalue weighted by molar-refractivity contribution is -0.144. The lowest BCUT2D eigenvalue weighted by atomic mass is 9.95. The minimum Gasteiger partial charge on any atom is -0.508 e. The van der Waals surface area contributed by atoms with Gasteiger partial charge in [-0.1, -0.05) is 26.3 Å². The van der Waals surface area contributed by atoms with Gasteiger partial charge in [0.25, 0.3) is 0 Å². The van der Waals surface area contributed by atoms with E-state index in [1.165, 1.54) is 12.1 Å². The van der Waals surface area contributed by atoms with Crippen LogP contribution < -0.4 is 10.6 Å². The second kappa shape index (κ2) is 14.8. The fourth-order valence-corrected chi connectivity index (χ4v) is 3.61. The Hall–Kier alpha value is -3.81. The molecule has 0 saturated carbocycles. The molecule has 3 amide bonds. The minimum atomic E-state index is -1.28. The molecule has 11 heteroatoms. The summed E-state index contributed by atoms with van der Waals surface area (Å²) in [4.78, 5) is 52.7. The van der Waals surface area contributed by atoms with E-state index in [0.717, 1.165) is 4.90 Å². The molecule has 0 aliphatic heterocycles. The summed E-state index contributed by atoms with van der Waals surface area (Å²) in [6.45, 7) is 11.7. The molecule has 0 heterocycles. The largest absolute Gasteiger partial charge is 0.508 e. The minimum absolute atomic E-state index is 0.00236. The van der Waals surface area contributed by atoms with E-state index in [1.54, 1.807) is 47.6 Å². The van der Waals surface area contributed by atoms with Gasteiger partial charge in [-0.3, -0.25) is 14.4 Å². The van der Waals surface area contributed by atoms with Crippen molar-refractivity contribution in [2.45, 2.75) is 79.0 Å². The van der Waals surface area contributed by atoms with Crippen molar-refractivity contribution in [1.82, 2.24) is 15.5 Å². The lowest BCUT2D eigenvalue weighted by Gasteiger charge is -2.34. The number of nitrogens with zero attached hydrogens (tertiary/aromatic N) is 2. The molecule has 3 atom stereocenters. The van der Waals surface area contributed by atoms with Crippen LogP contribution in [0, 0.1) is 24.2 Å². The van der Waals surface area contributed by atoms with Gasteiger partial charge in [0, 0.05) is 6.54 Å². The molecule has 0 fully saturated rings. The van der Waals surface area contributed by atoms with Gasteiger partial charge in [0.2, 0.25) is 11.8 Å². The van der Waals surface area contributed by atoms with Gasteiger partial charge < -0.3 is 30.1 Å². The van der Waals surface area contributed by atoms with Gasteiger partial charge in [-0.05, 0) is 63.8 Å². The van der Waals surface area contributed by atoms with Crippen LogP contribution in [0.1, 0.15) is 71.6 Å². The number of aromatic hydroxyl groups is 1. The SMILES string of the molecule is CCOC(=O)CCNC(=O)C(c1ccc(O)c(C)c1)N(CC#N)C(=O)C(NC(=O)OC(C)(C)C)C(C)CC. The number of phenols is 1. The Morgan fingerprint density at radius 1 is 1.18 bits per heavy atom. The van der Waals surface area contributed by atoms with Crippen molar-refractivity contribution in [3.8, 4) is 11.8 Å². The van der Waals surface area contributed by atoms with Gasteiger partial charge in [0.1, 0.15) is 30.0 Å². The fourth-order valence-electron chi connectivity index (χ4n) is 3.61. The van der Waals surface area contributed by atoms with E-state index in [0.29, 0.717) is 17.5 Å². The van der Waals surface area contributed by atoms with E-state index >= 15 is 0 Å². The van der Waals surface area contributed by atoms with Crippen molar-refractivity contribution in [1.29, 1.82) is 5.26 Å². The highest BCUT2D eigenvalue weighted by Crippen LogP contribution is 2.28. The molecule has 210 valence electrons. The van der Waals surface area contributed by atoms with Crippen LogP contribution in [0.5, 0.6) is 5.75 Å². The smallest absolute Gasteiger partial charge is 0.408 e.